The minimum atomic E-state index is -0.581. The van der Waals surface area contributed by atoms with Gasteiger partial charge in [0.2, 0.25) is 0 Å². The maximum absolute atomic E-state index is 13.0. The molecule has 8 heteroatoms. The van der Waals surface area contributed by atoms with Crippen LogP contribution in [0.5, 0.6) is 11.5 Å². The highest BCUT2D eigenvalue weighted by Crippen LogP contribution is 2.31. The van der Waals surface area contributed by atoms with Crippen LogP contribution in [0.3, 0.4) is 0 Å². The highest BCUT2D eigenvalue weighted by molar-refractivity contribution is 7.80. The molecule has 2 aromatic carbocycles. The van der Waals surface area contributed by atoms with Gasteiger partial charge in [0.25, 0.3) is 11.8 Å². The van der Waals surface area contributed by atoms with Gasteiger partial charge in [-0.1, -0.05) is 11.6 Å². The minimum Gasteiger partial charge on any atom is -0.508 e. The number of hydrogen-bond donors (Lipinski definition) is 2. The van der Waals surface area contributed by atoms with E-state index in [0.717, 1.165) is 5.56 Å². The molecule has 2 aliphatic heterocycles. The Kier molecular flexibility index (Phi) is 4.62. The molecule has 140 valence electrons. The molecule has 0 aromatic heterocycles. The smallest absolute Gasteiger partial charge is 0.270 e. The summed E-state index contributed by atoms with van der Waals surface area (Å²) in [6.07, 6.45) is 3.35. The zero-order valence-corrected chi connectivity index (χ0v) is 15.9. The molecular weight excluding hydrogens is 400 g/mol. The number of ether oxygens (including phenoxy) is 1. The summed E-state index contributed by atoms with van der Waals surface area (Å²) in [6.45, 7) is 0. The van der Waals surface area contributed by atoms with E-state index < -0.39 is 11.8 Å². The van der Waals surface area contributed by atoms with Crippen LogP contribution < -0.4 is 15.0 Å². The number of nitrogens with zero attached hydrogens (tertiary/aromatic N) is 1. The molecule has 4 rings (SSSR count). The highest BCUT2D eigenvalue weighted by atomic mass is 35.5. The predicted molar refractivity (Wildman–Crippen MR) is 108 cm³/mol. The van der Waals surface area contributed by atoms with Gasteiger partial charge in [-0.05, 0) is 66.3 Å². The first-order valence-electron chi connectivity index (χ1n) is 8.27. The van der Waals surface area contributed by atoms with Crippen molar-refractivity contribution in [1.29, 1.82) is 0 Å². The first-order chi connectivity index (χ1) is 13.4. The van der Waals surface area contributed by atoms with Gasteiger partial charge in [-0.15, -0.1) is 0 Å². The van der Waals surface area contributed by atoms with Crippen molar-refractivity contribution in [2.75, 3.05) is 4.90 Å². The molecule has 6 nitrogen and oxygen atoms in total. The van der Waals surface area contributed by atoms with Crippen molar-refractivity contribution in [3.8, 4) is 11.5 Å². The van der Waals surface area contributed by atoms with Crippen LogP contribution in [-0.2, 0) is 16.0 Å². The molecule has 1 fully saturated rings. The Balaban J connectivity index is 1.66. The first-order valence-corrected chi connectivity index (χ1v) is 9.05. The number of carbonyl (C=O) groups is 2. The lowest BCUT2D eigenvalue weighted by molar-refractivity contribution is -0.122. The maximum atomic E-state index is 13.0. The number of rotatable bonds is 2. The molecule has 28 heavy (non-hydrogen) atoms. The Morgan fingerprint density at radius 3 is 2.68 bits per heavy atom. The number of aromatic hydroxyl groups is 1. The zero-order chi connectivity index (χ0) is 19.8. The fraction of sp³-hybridized carbons (Fsp3) is 0.0500. The number of amides is 2. The molecule has 0 spiro atoms. The Morgan fingerprint density at radius 1 is 1.18 bits per heavy atom. The number of fused-ring (bicyclic) bond motifs is 1. The minimum absolute atomic E-state index is 0.00128. The largest absolute Gasteiger partial charge is 0.508 e. The second-order valence-electron chi connectivity index (χ2n) is 6.21. The van der Waals surface area contributed by atoms with Gasteiger partial charge < -0.3 is 9.84 Å². The normalized spacial score (nSPS) is 17.8. The van der Waals surface area contributed by atoms with Crippen LogP contribution in [0.25, 0.3) is 0 Å². The van der Waals surface area contributed by atoms with Gasteiger partial charge in [-0.25, -0.2) is 0 Å². The first kappa shape index (κ1) is 18.2. The van der Waals surface area contributed by atoms with Crippen molar-refractivity contribution in [3.63, 3.8) is 0 Å². The van der Waals surface area contributed by atoms with Crippen LogP contribution in [0.1, 0.15) is 5.56 Å². The molecule has 0 bridgehead atoms. The molecule has 1 saturated heterocycles. The van der Waals surface area contributed by atoms with Crippen molar-refractivity contribution in [1.82, 2.24) is 5.32 Å². The van der Waals surface area contributed by atoms with Gasteiger partial charge in [0.05, 0.1) is 11.9 Å². The Hall–Kier alpha value is -3.16. The van der Waals surface area contributed by atoms with Crippen molar-refractivity contribution >= 4 is 46.4 Å². The summed E-state index contributed by atoms with van der Waals surface area (Å²) in [5.41, 5.74) is 1.79. The number of benzene rings is 2. The molecule has 2 N–H and O–H groups in total. The Labute approximate surface area is 170 Å². The van der Waals surface area contributed by atoms with E-state index in [9.17, 15) is 14.7 Å². The van der Waals surface area contributed by atoms with Crippen molar-refractivity contribution < 1.29 is 19.4 Å². The van der Waals surface area contributed by atoms with Crippen molar-refractivity contribution in [2.24, 2.45) is 0 Å². The molecule has 2 aromatic rings. The molecule has 2 aliphatic rings. The third-order valence-corrected chi connectivity index (χ3v) is 4.83. The number of anilines is 1. The van der Waals surface area contributed by atoms with Crippen LogP contribution in [0.4, 0.5) is 5.69 Å². The summed E-state index contributed by atoms with van der Waals surface area (Å²) in [7, 11) is 0. The molecule has 2 heterocycles. The lowest BCUT2D eigenvalue weighted by Crippen LogP contribution is -2.54. The van der Waals surface area contributed by atoms with Crippen molar-refractivity contribution in [3.05, 3.63) is 76.5 Å². The summed E-state index contributed by atoms with van der Waals surface area (Å²) in [4.78, 5) is 26.6. The fourth-order valence-corrected chi connectivity index (χ4v) is 3.38. The fourth-order valence-electron chi connectivity index (χ4n) is 2.97. The number of carbonyl (C=O) groups excluding carboxylic acids is 2. The van der Waals surface area contributed by atoms with Gasteiger partial charge in [0, 0.05) is 17.0 Å². The van der Waals surface area contributed by atoms with Crippen LogP contribution in [0.15, 0.2) is 65.9 Å². The second kappa shape index (κ2) is 7.10. The number of thiocarbonyl (C=S) groups is 1. The third kappa shape index (κ3) is 3.37. The van der Waals surface area contributed by atoms with E-state index in [2.05, 4.69) is 5.32 Å². The van der Waals surface area contributed by atoms with E-state index in [1.165, 1.54) is 23.3 Å². The van der Waals surface area contributed by atoms with Crippen molar-refractivity contribution in [2.45, 2.75) is 6.42 Å². The number of nitrogens with one attached hydrogen (secondary N) is 1. The number of phenolic OH excluding ortho intramolecular Hbond substituents is 1. The summed E-state index contributed by atoms with van der Waals surface area (Å²) >= 11 is 11.1. The second-order valence-corrected chi connectivity index (χ2v) is 7.04. The topological polar surface area (TPSA) is 78.9 Å². The molecular formula is C20H13ClN2O4S. The van der Waals surface area contributed by atoms with Gasteiger partial charge in [-0.2, -0.15) is 0 Å². The standard InChI is InChI=1S/C20H13ClN2O4S/c21-13-1-3-14(4-2-13)23-19(26)16(18(25)22-20(23)28)8-11-7-12-9-15(24)5-6-17(12)27-10-11/h1-6,8-10,24H,7H2,(H,22,25,28)/b16-8-. The van der Waals surface area contributed by atoms with E-state index >= 15 is 0 Å². The van der Waals surface area contributed by atoms with E-state index in [-0.39, 0.29) is 16.4 Å². The van der Waals surface area contributed by atoms with E-state index in [4.69, 9.17) is 28.6 Å². The van der Waals surface area contributed by atoms with Crippen LogP contribution in [0, 0.1) is 0 Å². The van der Waals surface area contributed by atoms with Gasteiger partial charge >= 0.3 is 0 Å². The van der Waals surface area contributed by atoms with Crippen LogP contribution >= 0.6 is 23.8 Å². The Morgan fingerprint density at radius 2 is 1.93 bits per heavy atom. The predicted octanol–water partition coefficient (Wildman–Crippen LogP) is 3.24. The molecule has 0 saturated carbocycles. The van der Waals surface area contributed by atoms with Crippen LogP contribution in [-0.4, -0.2) is 22.0 Å². The van der Waals surface area contributed by atoms with E-state index in [1.807, 2.05) is 0 Å². The molecule has 0 unspecified atom stereocenters. The maximum Gasteiger partial charge on any atom is 0.270 e. The molecule has 0 radical (unpaired) electrons. The number of allylic oxidation sites excluding steroid dienone is 2. The lowest BCUT2D eigenvalue weighted by atomic mass is 9.99. The quantitative estimate of drug-likeness (QED) is 0.450. The highest BCUT2D eigenvalue weighted by Gasteiger charge is 2.34. The average molecular weight is 413 g/mol. The van der Waals surface area contributed by atoms with Gasteiger partial charge in [0.15, 0.2) is 5.11 Å². The lowest BCUT2D eigenvalue weighted by Gasteiger charge is -2.29. The summed E-state index contributed by atoms with van der Waals surface area (Å²) < 4.78 is 5.53. The van der Waals surface area contributed by atoms with Gasteiger partial charge in [-0.3, -0.25) is 19.8 Å². The number of phenols is 1. The average Bonchev–Trinajstić information content (AvgIpc) is 2.66. The molecule has 0 aliphatic carbocycles. The van der Waals surface area contributed by atoms with Crippen LogP contribution in [0.2, 0.25) is 5.02 Å². The zero-order valence-electron chi connectivity index (χ0n) is 14.3. The van der Waals surface area contributed by atoms with E-state index in [1.54, 1.807) is 36.4 Å². The van der Waals surface area contributed by atoms with E-state index in [0.29, 0.717) is 28.5 Å². The summed E-state index contributed by atoms with van der Waals surface area (Å²) in [5, 5.41) is 12.7. The Bertz CT molecular complexity index is 1080. The number of halogens is 1. The SMILES string of the molecule is O=C1NC(=S)N(c2ccc(Cl)cc2)C(=O)/C1=C\C1=COc2ccc(O)cc2C1. The summed E-state index contributed by atoms with van der Waals surface area (Å²) in [5.74, 6) is -0.396. The summed E-state index contributed by atoms with van der Waals surface area (Å²) in [6, 6.07) is 11.3. The van der Waals surface area contributed by atoms with Gasteiger partial charge in [0.1, 0.15) is 17.1 Å². The molecule has 2 amide bonds. The monoisotopic (exact) mass is 412 g/mol. The number of hydrogen-bond acceptors (Lipinski definition) is 5. The third-order valence-electron chi connectivity index (χ3n) is 4.29. The molecule has 0 atom stereocenters.